The topological polar surface area (TPSA) is 21.3 Å². The smallest absolute Gasteiger partial charge is 0.0591 e. The normalized spacial score (nSPS) is 13.0. The fourth-order valence-electron chi connectivity index (χ4n) is 1.54. The molecule has 0 radical (unpaired) electrons. The van der Waals surface area contributed by atoms with E-state index in [1.807, 2.05) is 0 Å². The largest absolute Gasteiger partial charge is 0.380 e. The average molecular weight is 300 g/mol. The molecular formula is C14H22BrNO. The summed E-state index contributed by atoms with van der Waals surface area (Å²) in [5.74, 6) is 0.610. The first-order valence-electron chi connectivity index (χ1n) is 6.16. The highest BCUT2D eigenvalue weighted by Gasteiger charge is 2.03. The Hall–Kier alpha value is -0.380. The molecule has 96 valence electrons. The van der Waals surface area contributed by atoms with Crippen molar-refractivity contribution in [3.63, 3.8) is 0 Å². The van der Waals surface area contributed by atoms with Gasteiger partial charge < -0.3 is 10.1 Å². The maximum Gasteiger partial charge on any atom is 0.0591 e. The summed E-state index contributed by atoms with van der Waals surface area (Å²) < 4.78 is 6.65. The summed E-state index contributed by atoms with van der Waals surface area (Å²) >= 11 is 3.44. The molecule has 1 aromatic carbocycles. The molecule has 0 fully saturated rings. The van der Waals surface area contributed by atoms with Crippen molar-refractivity contribution < 1.29 is 4.74 Å². The van der Waals surface area contributed by atoms with E-state index in [0.717, 1.165) is 24.2 Å². The number of halogens is 1. The zero-order valence-corrected chi connectivity index (χ0v) is 12.5. The molecule has 0 spiro atoms. The molecule has 17 heavy (non-hydrogen) atoms. The first-order valence-corrected chi connectivity index (χ1v) is 6.95. The van der Waals surface area contributed by atoms with Crippen LogP contribution in [0.25, 0.3) is 0 Å². The number of benzene rings is 1. The minimum atomic E-state index is 0.366. The van der Waals surface area contributed by atoms with Crippen molar-refractivity contribution in [1.29, 1.82) is 0 Å². The van der Waals surface area contributed by atoms with Gasteiger partial charge in [0.05, 0.1) is 6.61 Å². The molecule has 0 aliphatic carbocycles. The molecule has 0 aliphatic heterocycles. The van der Waals surface area contributed by atoms with Crippen molar-refractivity contribution >= 4 is 15.9 Å². The number of hydrogen-bond acceptors (Lipinski definition) is 2. The quantitative estimate of drug-likeness (QED) is 0.774. The Morgan fingerprint density at radius 2 is 1.82 bits per heavy atom. The van der Waals surface area contributed by atoms with Gasteiger partial charge in [-0.1, -0.05) is 41.9 Å². The zero-order chi connectivity index (χ0) is 12.7. The average Bonchev–Trinajstić information content (AvgIpc) is 2.29. The van der Waals surface area contributed by atoms with Gasteiger partial charge in [0.25, 0.3) is 0 Å². The predicted molar refractivity (Wildman–Crippen MR) is 76.2 cm³/mol. The van der Waals surface area contributed by atoms with Crippen LogP contribution in [0.2, 0.25) is 0 Å². The lowest BCUT2D eigenvalue weighted by Crippen LogP contribution is -2.23. The van der Waals surface area contributed by atoms with E-state index in [9.17, 15) is 0 Å². The van der Waals surface area contributed by atoms with E-state index in [4.69, 9.17) is 4.74 Å². The third-order valence-electron chi connectivity index (χ3n) is 2.52. The standard InChI is InChI=1S/C14H22BrNO/c1-11(2)10-17-9-8-16-12(3)13-4-6-14(15)7-5-13/h4-7,11-12,16H,8-10H2,1-3H3. The van der Waals surface area contributed by atoms with E-state index in [-0.39, 0.29) is 0 Å². The Kier molecular flexibility index (Phi) is 6.78. The number of ether oxygens (including phenoxy) is 1. The summed E-state index contributed by atoms with van der Waals surface area (Å²) in [5, 5.41) is 3.45. The Labute approximate surface area is 113 Å². The van der Waals surface area contributed by atoms with Gasteiger partial charge in [-0.15, -0.1) is 0 Å². The second-order valence-corrected chi connectivity index (χ2v) is 5.61. The van der Waals surface area contributed by atoms with Gasteiger partial charge in [0.1, 0.15) is 0 Å². The molecule has 1 atom stereocenters. The predicted octanol–water partition coefficient (Wildman–Crippen LogP) is 3.77. The summed E-state index contributed by atoms with van der Waals surface area (Å²) in [6.45, 7) is 9.01. The summed E-state index contributed by atoms with van der Waals surface area (Å²) in [6.07, 6.45) is 0. The van der Waals surface area contributed by atoms with Crippen molar-refractivity contribution in [3.8, 4) is 0 Å². The minimum Gasteiger partial charge on any atom is -0.380 e. The van der Waals surface area contributed by atoms with Crippen molar-refractivity contribution in [2.75, 3.05) is 19.8 Å². The monoisotopic (exact) mass is 299 g/mol. The maximum absolute atomic E-state index is 5.53. The highest BCUT2D eigenvalue weighted by molar-refractivity contribution is 9.10. The lowest BCUT2D eigenvalue weighted by molar-refractivity contribution is 0.110. The van der Waals surface area contributed by atoms with E-state index in [1.165, 1.54) is 5.56 Å². The minimum absolute atomic E-state index is 0.366. The van der Waals surface area contributed by atoms with Crippen LogP contribution >= 0.6 is 15.9 Å². The Bertz CT molecular complexity index is 311. The second kappa shape index (κ2) is 7.85. The van der Waals surface area contributed by atoms with Crippen LogP contribution in [-0.4, -0.2) is 19.8 Å². The van der Waals surface area contributed by atoms with Gasteiger partial charge in [0.2, 0.25) is 0 Å². The van der Waals surface area contributed by atoms with Gasteiger partial charge in [-0.2, -0.15) is 0 Å². The van der Waals surface area contributed by atoms with Crippen LogP contribution in [0.3, 0.4) is 0 Å². The Morgan fingerprint density at radius 3 is 2.41 bits per heavy atom. The first-order chi connectivity index (χ1) is 8.09. The van der Waals surface area contributed by atoms with E-state index >= 15 is 0 Å². The Balaban J connectivity index is 2.21. The van der Waals surface area contributed by atoms with Crippen molar-refractivity contribution in [3.05, 3.63) is 34.3 Å². The zero-order valence-electron chi connectivity index (χ0n) is 10.9. The molecule has 1 rings (SSSR count). The third-order valence-corrected chi connectivity index (χ3v) is 3.05. The fourth-order valence-corrected chi connectivity index (χ4v) is 1.80. The second-order valence-electron chi connectivity index (χ2n) is 4.70. The number of hydrogen-bond donors (Lipinski definition) is 1. The van der Waals surface area contributed by atoms with Crippen LogP contribution in [0.1, 0.15) is 32.4 Å². The summed E-state index contributed by atoms with van der Waals surface area (Å²) in [6, 6.07) is 8.78. The highest BCUT2D eigenvalue weighted by Crippen LogP contribution is 2.16. The maximum atomic E-state index is 5.53. The lowest BCUT2D eigenvalue weighted by Gasteiger charge is -2.14. The highest BCUT2D eigenvalue weighted by atomic mass is 79.9. The van der Waals surface area contributed by atoms with E-state index in [2.05, 4.69) is 66.3 Å². The van der Waals surface area contributed by atoms with Gasteiger partial charge in [0, 0.05) is 23.7 Å². The van der Waals surface area contributed by atoms with Gasteiger partial charge in [0.15, 0.2) is 0 Å². The van der Waals surface area contributed by atoms with Crippen molar-refractivity contribution in [2.45, 2.75) is 26.8 Å². The molecule has 0 saturated carbocycles. The van der Waals surface area contributed by atoms with E-state index < -0.39 is 0 Å². The molecule has 0 heterocycles. The van der Waals surface area contributed by atoms with E-state index in [0.29, 0.717) is 12.0 Å². The van der Waals surface area contributed by atoms with Crippen molar-refractivity contribution in [2.24, 2.45) is 5.92 Å². The third kappa shape index (κ3) is 6.20. The molecule has 1 unspecified atom stereocenters. The molecule has 0 bridgehead atoms. The molecular weight excluding hydrogens is 278 g/mol. The van der Waals surface area contributed by atoms with Gasteiger partial charge in [-0.3, -0.25) is 0 Å². The van der Waals surface area contributed by atoms with Gasteiger partial charge in [-0.05, 0) is 30.5 Å². The summed E-state index contributed by atoms with van der Waals surface area (Å²) in [7, 11) is 0. The van der Waals surface area contributed by atoms with Crippen LogP contribution in [0.4, 0.5) is 0 Å². The molecule has 1 N–H and O–H groups in total. The molecule has 0 aliphatic rings. The Morgan fingerprint density at radius 1 is 1.18 bits per heavy atom. The molecule has 2 nitrogen and oxygen atoms in total. The summed E-state index contributed by atoms with van der Waals surface area (Å²) in [4.78, 5) is 0. The molecule has 0 aromatic heterocycles. The number of rotatable bonds is 7. The molecule has 1 aromatic rings. The number of nitrogens with one attached hydrogen (secondary N) is 1. The molecule has 0 amide bonds. The fraction of sp³-hybridized carbons (Fsp3) is 0.571. The summed E-state index contributed by atoms with van der Waals surface area (Å²) in [5.41, 5.74) is 1.30. The van der Waals surface area contributed by atoms with Crippen LogP contribution in [-0.2, 0) is 4.74 Å². The van der Waals surface area contributed by atoms with E-state index in [1.54, 1.807) is 0 Å². The van der Waals surface area contributed by atoms with Gasteiger partial charge in [-0.25, -0.2) is 0 Å². The van der Waals surface area contributed by atoms with Crippen LogP contribution < -0.4 is 5.32 Å². The lowest BCUT2D eigenvalue weighted by atomic mass is 10.1. The SMILES string of the molecule is CC(C)COCCNC(C)c1ccc(Br)cc1. The molecule has 3 heteroatoms. The van der Waals surface area contributed by atoms with Crippen LogP contribution in [0.5, 0.6) is 0 Å². The first kappa shape index (κ1) is 14.7. The van der Waals surface area contributed by atoms with Gasteiger partial charge >= 0.3 is 0 Å². The van der Waals surface area contributed by atoms with Crippen LogP contribution in [0, 0.1) is 5.92 Å². The van der Waals surface area contributed by atoms with Crippen LogP contribution in [0.15, 0.2) is 28.7 Å². The van der Waals surface area contributed by atoms with Crippen molar-refractivity contribution in [1.82, 2.24) is 5.32 Å². The molecule has 0 saturated heterocycles.